The van der Waals surface area contributed by atoms with Crippen LogP contribution in [0.4, 0.5) is 26.3 Å². The number of hydrogen-bond donors (Lipinski definition) is 1. The maximum absolute atomic E-state index is 13.1. The van der Waals surface area contributed by atoms with E-state index in [-0.39, 0.29) is 24.1 Å². The molecule has 0 spiro atoms. The first-order chi connectivity index (χ1) is 16.6. The number of benzene rings is 2. The Labute approximate surface area is 203 Å². The highest BCUT2D eigenvalue weighted by Gasteiger charge is 2.37. The van der Waals surface area contributed by atoms with E-state index in [1.165, 1.54) is 18.7 Å². The van der Waals surface area contributed by atoms with E-state index in [0.29, 0.717) is 37.3 Å². The van der Waals surface area contributed by atoms with Gasteiger partial charge in [0.05, 0.1) is 17.5 Å². The van der Waals surface area contributed by atoms with E-state index in [1.54, 1.807) is 24.3 Å². The number of halogens is 6. The Bertz CT molecular complexity index is 1090. The van der Waals surface area contributed by atoms with Crippen molar-refractivity contribution in [1.82, 2.24) is 4.90 Å². The Balaban J connectivity index is 1.77. The summed E-state index contributed by atoms with van der Waals surface area (Å²) in [4.78, 5) is 25.6. The van der Waals surface area contributed by atoms with Crippen molar-refractivity contribution < 1.29 is 45.8 Å². The molecular weight excluding hydrogens is 492 g/mol. The summed E-state index contributed by atoms with van der Waals surface area (Å²) in [6.07, 6.45) is -9.30. The van der Waals surface area contributed by atoms with Crippen LogP contribution in [0.25, 0.3) is 0 Å². The number of alkyl halides is 6. The molecule has 1 amide bonds. The molecule has 1 saturated heterocycles. The molecule has 0 bridgehead atoms. The van der Waals surface area contributed by atoms with Crippen molar-refractivity contribution in [2.75, 3.05) is 13.1 Å². The van der Waals surface area contributed by atoms with Gasteiger partial charge in [-0.05, 0) is 68.1 Å². The van der Waals surface area contributed by atoms with Crippen molar-refractivity contribution in [1.29, 1.82) is 0 Å². The Kier molecular flexibility index (Phi) is 7.61. The van der Waals surface area contributed by atoms with Gasteiger partial charge in [0, 0.05) is 19.0 Å². The van der Waals surface area contributed by atoms with Crippen molar-refractivity contribution >= 4 is 11.9 Å². The van der Waals surface area contributed by atoms with Gasteiger partial charge in [-0.3, -0.25) is 4.79 Å². The SMILES string of the molecule is CC(C)(Oc1cccc(C2CCCN(C(=O)Cc3cc(C(F)(F)F)cc(C(F)(F)F)c3)C2)c1)C(=O)O. The van der Waals surface area contributed by atoms with Gasteiger partial charge in [-0.25, -0.2) is 4.79 Å². The number of carboxylic acid groups (broad SMARTS) is 1. The highest BCUT2D eigenvalue weighted by molar-refractivity contribution is 5.79. The van der Waals surface area contributed by atoms with Gasteiger partial charge >= 0.3 is 18.3 Å². The molecule has 36 heavy (non-hydrogen) atoms. The first-order valence-corrected chi connectivity index (χ1v) is 11.1. The first-order valence-electron chi connectivity index (χ1n) is 11.1. The smallest absolute Gasteiger partial charge is 0.416 e. The lowest BCUT2D eigenvalue weighted by atomic mass is 9.90. The fourth-order valence-electron chi connectivity index (χ4n) is 4.05. The van der Waals surface area contributed by atoms with Gasteiger partial charge in [0.2, 0.25) is 5.91 Å². The third kappa shape index (κ3) is 6.70. The first kappa shape index (κ1) is 27.3. The Morgan fingerprint density at radius 1 is 1.00 bits per heavy atom. The molecule has 5 nitrogen and oxygen atoms in total. The molecule has 0 saturated carbocycles. The van der Waals surface area contributed by atoms with E-state index >= 15 is 0 Å². The highest BCUT2D eigenvalue weighted by atomic mass is 19.4. The number of nitrogens with zero attached hydrogens (tertiary/aromatic N) is 1. The van der Waals surface area contributed by atoms with Crippen LogP contribution >= 0.6 is 0 Å². The van der Waals surface area contributed by atoms with Crippen LogP contribution in [0.15, 0.2) is 42.5 Å². The zero-order chi connectivity index (χ0) is 26.9. The highest BCUT2D eigenvalue weighted by Crippen LogP contribution is 2.37. The Hall–Kier alpha value is -3.24. The number of likely N-dealkylation sites (tertiary alicyclic amines) is 1. The molecular formula is C25H25F6NO4. The average Bonchev–Trinajstić information content (AvgIpc) is 2.77. The van der Waals surface area contributed by atoms with Crippen LogP contribution in [-0.2, 0) is 28.4 Å². The number of aliphatic carboxylic acids is 1. The van der Waals surface area contributed by atoms with Gasteiger partial charge in [0.25, 0.3) is 0 Å². The molecule has 11 heteroatoms. The maximum Gasteiger partial charge on any atom is 0.416 e. The summed E-state index contributed by atoms with van der Waals surface area (Å²) in [7, 11) is 0. The standard InChI is InChI=1S/C25H25F6NO4/c1-23(2,22(34)35)36-20-7-3-5-16(12-20)17-6-4-8-32(14-17)21(33)11-15-9-18(24(26,27)28)13-19(10-15)25(29,30)31/h3,5,7,9-10,12-13,17H,4,6,8,11,14H2,1-2H3,(H,34,35). The average molecular weight is 517 g/mol. The third-order valence-corrected chi connectivity index (χ3v) is 5.99. The van der Waals surface area contributed by atoms with Crippen LogP contribution in [0.3, 0.4) is 0 Å². The number of rotatable bonds is 6. The van der Waals surface area contributed by atoms with Crippen molar-refractivity contribution in [3.63, 3.8) is 0 Å². The normalized spacial score (nSPS) is 17.1. The molecule has 0 aliphatic carbocycles. The number of amides is 1. The molecule has 1 unspecified atom stereocenters. The number of piperidine rings is 1. The van der Waals surface area contributed by atoms with E-state index in [1.807, 2.05) is 0 Å². The zero-order valence-corrected chi connectivity index (χ0v) is 19.5. The Morgan fingerprint density at radius 3 is 2.17 bits per heavy atom. The summed E-state index contributed by atoms with van der Waals surface area (Å²) >= 11 is 0. The summed E-state index contributed by atoms with van der Waals surface area (Å²) in [6, 6.07) is 7.93. The summed E-state index contributed by atoms with van der Waals surface area (Å²) < 4.78 is 84.4. The molecule has 1 atom stereocenters. The number of ether oxygens (including phenoxy) is 1. The van der Waals surface area contributed by atoms with Gasteiger partial charge in [-0.2, -0.15) is 26.3 Å². The molecule has 1 N–H and O–H groups in total. The second-order valence-electron chi connectivity index (χ2n) is 9.26. The minimum atomic E-state index is -4.99. The predicted octanol–water partition coefficient (Wildman–Crippen LogP) is 5.91. The van der Waals surface area contributed by atoms with Crippen molar-refractivity contribution in [3.05, 3.63) is 64.7 Å². The third-order valence-electron chi connectivity index (χ3n) is 5.99. The summed E-state index contributed by atoms with van der Waals surface area (Å²) in [5.41, 5.74) is -3.97. The molecule has 1 heterocycles. The lowest BCUT2D eigenvalue weighted by molar-refractivity contribution is -0.152. The zero-order valence-electron chi connectivity index (χ0n) is 19.5. The number of carbonyl (C=O) groups excluding carboxylic acids is 1. The topological polar surface area (TPSA) is 66.8 Å². The Morgan fingerprint density at radius 2 is 1.61 bits per heavy atom. The van der Waals surface area contributed by atoms with Crippen molar-refractivity contribution in [2.24, 2.45) is 0 Å². The van der Waals surface area contributed by atoms with Gasteiger partial charge < -0.3 is 14.7 Å². The molecule has 2 aromatic rings. The largest absolute Gasteiger partial charge is 0.478 e. The predicted molar refractivity (Wildman–Crippen MR) is 117 cm³/mol. The van der Waals surface area contributed by atoms with Crippen LogP contribution in [-0.4, -0.2) is 40.6 Å². The maximum atomic E-state index is 13.1. The number of hydrogen-bond acceptors (Lipinski definition) is 3. The molecule has 3 rings (SSSR count). The molecule has 0 aromatic heterocycles. The lowest BCUT2D eigenvalue weighted by Gasteiger charge is -2.33. The lowest BCUT2D eigenvalue weighted by Crippen LogP contribution is -2.40. The minimum Gasteiger partial charge on any atom is -0.478 e. The van der Waals surface area contributed by atoms with Gasteiger partial charge in [-0.1, -0.05) is 12.1 Å². The summed E-state index contributed by atoms with van der Waals surface area (Å²) in [5.74, 6) is -1.56. The number of carboxylic acids is 1. The van der Waals surface area contributed by atoms with Gasteiger partial charge in [0.1, 0.15) is 5.75 Å². The quantitative estimate of drug-likeness (QED) is 0.484. The number of carbonyl (C=O) groups is 2. The summed E-state index contributed by atoms with van der Waals surface area (Å²) in [6.45, 7) is 3.35. The van der Waals surface area contributed by atoms with E-state index in [2.05, 4.69) is 0 Å². The van der Waals surface area contributed by atoms with E-state index in [4.69, 9.17) is 4.74 Å². The van der Waals surface area contributed by atoms with Gasteiger partial charge in [0.15, 0.2) is 5.60 Å². The van der Waals surface area contributed by atoms with Crippen LogP contribution in [0.1, 0.15) is 54.9 Å². The van der Waals surface area contributed by atoms with Crippen LogP contribution in [0.5, 0.6) is 5.75 Å². The van der Waals surface area contributed by atoms with E-state index in [0.717, 1.165) is 5.56 Å². The van der Waals surface area contributed by atoms with Crippen LogP contribution < -0.4 is 4.74 Å². The fourth-order valence-corrected chi connectivity index (χ4v) is 4.05. The monoisotopic (exact) mass is 517 g/mol. The molecule has 2 aromatic carbocycles. The molecule has 196 valence electrons. The van der Waals surface area contributed by atoms with Crippen molar-refractivity contribution in [2.45, 2.75) is 57.0 Å². The molecule has 0 radical (unpaired) electrons. The van der Waals surface area contributed by atoms with E-state index in [9.17, 15) is 41.0 Å². The van der Waals surface area contributed by atoms with Crippen molar-refractivity contribution in [3.8, 4) is 5.75 Å². The second kappa shape index (κ2) is 10.0. The minimum absolute atomic E-state index is 0.0333. The van der Waals surface area contributed by atoms with E-state index < -0.39 is 47.4 Å². The van der Waals surface area contributed by atoms with Crippen LogP contribution in [0.2, 0.25) is 0 Å². The fraction of sp³-hybridized carbons (Fsp3) is 0.440. The van der Waals surface area contributed by atoms with Crippen LogP contribution in [0, 0.1) is 0 Å². The second-order valence-corrected chi connectivity index (χ2v) is 9.26. The summed E-state index contributed by atoms with van der Waals surface area (Å²) in [5, 5.41) is 9.27. The molecule has 1 fully saturated rings. The molecule has 1 aliphatic rings. The molecule has 1 aliphatic heterocycles. The van der Waals surface area contributed by atoms with Gasteiger partial charge in [-0.15, -0.1) is 0 Å².